The molecule has 0 saturated heterocycles. The summed E-state index contributed by atoms with van der Waals surface area (Å²) in [7, 11) is 0. The topological polar surface area (TPSA) is 9.23 Å². The Labute approximate surface area is 92.1 Å². The molecule has 16 heavy (non-hydrogen) atoms. The molecular weight excluding hydrogens is 224 g/mol. The Balaban J connectivity index is 5.19. The standard InChI is InChI=1S/C11H14F4O/c1-6-8(16-11(13,14)15)9(12)7(2)10(3,4)5/h6H,1-2H2,3-5H3/b9-8-. The van der Waals surface area contributed by atoms with E-state index in [2.05, 4.69) is 17.9 Å². The van der Waals surface area contributed by atoms with Gasteiger partial charge in [-0.3, -0.25) is 0 Å². The molecule has 0 aromatic heterocycles. The third-order valence-electron chi connectivity index (χ3n) is 1.80. The maximum Gasteiger partial charge on any atom is 0.573 e. The van der Waals surface area contributed by atoms with Gasteiger partial charge < -0.3 is 4.74 Å². The van der Waals surface area contributed by atoms with E-state index in [-0.39, 0.29) is 5.57 Å². The summed E-state index contributed by atoms with van der Waals surface area (Å²) in [5.41, 5.74) is -0.764. The van der Waals surface area contributed by atoms with Crippen LogP contribution in [0, 0.1) is 5.41 Å². The van der Waals surface area contributed by atoms with Crippen LogP contribution in [0.5, 0.6) is 0 Å². The van der Waals surface area contributed by atoms with Crippen LogP contribution in [0.3, 0.4) is 0 Å². The normalized spacial score (nSPS) is 14.2. The van der Waals surface area contributed by atoms with Crippen LogP contribution in [0.15, 0.2) is 36.4 Å². The molecule has 0 heterocycles. The van der Waals surface area contributed by atoms with E-state index in [4.69, 9.17) is 0 Å². The number of halogens is 4. The van der Waals surface area contributed by atoms with Gasteiger partial charge in [0.15, 0.2) is 11.6 Å². The van der Waals surface area contributed by atoms with E-state index in [1.165, 1.54) is 0 Å². The highest BCUT2D eigenvalue weighted by Crippen LogP contribution is 2.34. The second-order valence-corrected chi connectivity index (χ2v) is 4.16. The molecule has 0 radical (unpaired) electrons. The van der Waals surface area contributed by atoms with E-state index in [0.29, 0.717) is 6.08 Å². The van der Waals surface area contributed by atoms with Gasteiger partial charge in [-0.1, -0.05) is 33.9 Å². The molecule has 0 bridgehead atoms. The summed E-state index contributed by atoms with van der Waals surface area (Å²) in [5.74, 6) is -2.10. The van der Waals surface area contributed by atoms with Gasteiger partial charge in [-0.05, 0) is 17.1 Å². The van der Waals surface area contributed by atoms with Gasteiger partial charge in [0.1, 0.15) is 0 Å². The summed E-state index contributed by atoms with van der Waals surface area (Å²) in [6, 6.07) is 0. The van der Waals surface area contributed by atoms with Crippen molar-refractivity contribution in [2.75, 3.05) is 0 Å². The van der Waals surface area contributed by atoms with E-state index in [9.17, 15) is 17.6 Å². The number of allylic oxidation sites excluding steroid dienone is 3. The number of hydrogen-bond acceptors (Lipinski definition) is 1. The quantitative estimate of drug-likeness (QED) is 0.400. The Hall–Kier alpha value is -1.26. The van der Waals surface area contributed by atoms with Crippen LogP contribution in [-0.2, 0) is 4.74 Å². The zero-order chi connectivity index (χ0) is 13.1. The second kappa shape index (κ2) is 4.72. The van der Waals surface area contributed by atoms with Crippen LogP contribution < -0.4 is 0 Å². The van der Waals surface area contributed by atoms with Gasteiger partial charge in [0.2, 0.25) is 0 Å². The van der Waals surface area contributed by atoms with Crippen LogP contribution in [-0.4, -0.2) is 6.36 Å². The first-order chi connectivity index (χ1) is 6.99. The van der Waals surface area contributed by atoms with Crippen LogP contribution in [0.1, 0.15) is 20.8 Å². The summed E-state index contributed by atoms with van der Waals surface area (Å²) in [5, 5.41) is 0. The van der Waals surface area contributed by atoms with Crippen molar-refractivity contribution in [1.82, 2.24) is 0 Å². The second-order valence-electron chi connectivity index (χ2n) is 4.16. The number of rotatable bonds is 3. The molecule has 0 aromatic rings. The number of hydrogen-bond donors (Lipinski definition) is 0. The summed E-state index contributed by atoms with van der Waals surface area (Å²) in [6.07, 6.45) is -4.28. The Morgan fingerprint density at radius 2 is 1.62 bits per heavy atom. The fraction of sp³-hybridized carbons (Fsp3) is 0.455. The minimum absolute atomic E-state index is 0.0772. The molecule has 0 atom stereocenters. The minimum atomic E-state index is -4.95. The summed E-state index contributed by atoms with van der Waals surface area (Å²) >= 11 is 0. The van der Waals surface area contributed by atoms with Crippen molar-refractivity contribution in [1.29, 1.82) is 0 Å². The smallest absolute Gasteiger partial charge is 0.403 e. The average Bonchev–Trinajstić information content (AvgIpc) is 2.08. The molecular formula is C11H14F4O. The van der Waals surface area contributed by atoms with Crippen LogP contribution >= 0.6 is 0 Å². The Morgan fingerprint density at radius 1 is 1.19 bits per heavy atom. The highest BCUT2D eigenvalue weighted by Gasteiger charge is 2.33. The Kier molecular flexibility index (Phi) is 4.35. The van der Waals surface area contributed by atoms with Crippen molar-refractivity contribution in [3.8, 4) is 0 Å². The third kappa shape index (κ3) is 4.51. The molecule has 92 valence electrons. The lowest BCUT2D eigenvalue weighted by Gasteiger charge is -2.21. The first-order valence-electron chi connectivity index (χ1n) is 4.46. The Morgan fingerprint density at radius 3 is 1.88 bits per heavy atom. The molecule has 0 fully saturated rings. The number of ether oxygens (including phenoxy) is 1. The third-order valence-corrected chi connectivity index (χ3v) is 1.80. The lowest BCUT2D eigenvalue weighted by Crippen LogP contribution is -2.15. The predicted octanol–water partition coefficient (Wildman–Crippen LogP) is 4.49. The molecule has 0 unspecified atom stereocenters. The largest absolute Gasteiger partial charge is 0.573 e. The molecule has 0 saturated carbocycles. The first kappa shape index (κ1) is 14.7. The summed E-state index contributed by atoms with van der Waals surface area (Å²) in [4.78, 5) is 0. The average molecular weight is 238 g/mol. The molecule has 0 aliphatic carbocycles. The molecule has 0 aliphatic rings. The molecule has 0 spiro atoms. The lowest BCUT2D eigenvalue weighted by molar-refractivity contribution is -0.304. The highest BCUT2D eigenvalue weighted by atomic mass is 19.4. The molecule has 0 aromatic carbocycles. The van der Waals surface area contributed by atoms with Crippen LogP contribution in [0.25, 0.3) is 0 Å². The minimum Gasteiger partial charge on any atom is -0.403 e. The zero-order valence-corrected chi connectivity index (χ0v) is 9.41. The first-order valence-corrected chi connectivity index (χ1v) is 4.46. The van der Waals surface area contributed by atoms with Crippen LogP contribution in [0.4, 0.5) is 17.6 Å². The molecule has 0 N–H and O–H groups in total. The zero-order valence-electron chi connectivity index (χ0n) is 9.41. The summed E-state index contributed by atoms with van der Waals surface area (Å²) in [6.45, 7) is 11.3. The van der Waals surface area contributed by atoms with Gasteiger partial charge in [0, 0.05) is 0 Å². The van der Waals surface area contributed by atoms with Crippen molar-refractivity contribution in [2.45, 2.75) is 27.1 Å². The van der Waals surface area contributed by atoms with E-state index in [1.54, 1.807) is 20.8 Å². The van der Waals surface area contributed by atoms with E-state index in [0.717, 1.165) is 0 Å². The van der Waals surface area contributed by atoms with Gasteiger partial charge in [0.05, 0.1) is 0 Å². The van der Waals surface area contributed by atoms with Gasteiger partial charge >= 0.3 is 6.36 Å². The van der Waals surface area contributed by atoms with Crippen molar-refractivity contribution >= 4 is 0 Å². The molecule has 5 heteroatoms. The monoisotopic (exact) mass is 238 g/mol. The highest BCUT2D eigenvalue weighted by molar-refractivity contribution is 5.33. The van der Waals surface area contributed by atoms with E-state index in [1.807, 2.05) is 0 Å². The molecule has 0 amide bonds. The van der Waals surface area contributed by atoms with Gasteiger partial charge in [0.25, 0.3) is 0 Å². The Bertz CT molecular complexity index is 318. The molecule has 1 nitrogen and oxygen atoms in total. The van der Waals surface area contributed by atoms with Crippen molar-refractivity contribution < 1.29 is 22.3 Å². The predicted molar refractivity (Wildman–Crippen MR) is 54.1 cm³/mol. The lowest BCUT2D eigenvalue weighted by atomic mass is 9.86. The van der Waals surface area contributed by atoms with Gasteiger partial charge in [-0.25, -0.2) is 4.39 Å². The summed E-state index contributed by atoms with van der Waals surface area (Å²) < 4.78 is 52.8. The van der Waals surface area contributed by atoms with Gasteiger partial charge in [-0.2, -0.15) is 0 Å². The molecule has 0 rings (SSSR count). The van der Waals surface area contributed by atoms with E-state index < -0.39 is 23.4 Å². The van der Waals surface area contributed by atoms with Crippen molar-refractivity contribution in [2.24, 2.45) is 5.41 Å². The maximum atomic E-state index is 13.6. The fourth-order valence-electron chi connectivity index (χ4n) is 0.779. The van der Waals surface area contributed by atoms with Crippen molar-refractivity contribution in [3.05, 3.63) is 36.4 Å². The SMILES string of the molecule is C=C/C(OC(F)(F)F)=C(/F)C(=C)C(C)(C)C. The number of alkyl halides is 3. The maximum absolute atomic E-state index is 13.6. The van der Waals surface area contributed by atoms with Crippen LogP contribution in [0.2, 0.25) is 0 Å². The van der Waals surface area contributed by atoms with E-state index >= 15 is 0 Å². The molecule has 0 aliphatic heterocycles. The van der Waals surface area contributed by atoms with Gasteiger partial charge in [-0.15, -0.1) is 13.2 Å². The van der Waals surface area contributed by atoms with Crippen molar-refractivity contribution in [3.63, 3.8) is 0 Å². The fourth-order valence-corrected chi connectivity index (χ4v) is 0.779.